The lowest BCUT2D eigenvalue weighted by Gasteiger charge is -2.10. The minimum absolute atomic E-state index is 0.00671. The molecule has 2 amide bonds. The molecule has 25 heavy (non-hydrogen) atoms. The van der Waals surface area contributed by atoms with Crippen LogP contribution in [0.15, 0.2) is 60.6 Å². The Balaban J connectivity index is 2.17. The lowest BCUT2D eigenvalue weighted by Crippen LogP contribution is -2.35. The van der Waals surface area contributed by atoms with Crippen LogP contribution in [0.1, 0.15) is 22.3 Å². The van der Waals surface area contributed by atoms with E-state index in [1.165, 1.54) is 6.08 Å². The van der Waals surface area contributed by atoms with E-state index in [4.69, 9.17) is 5.11 Å². The molecule has 2 aromatic rings. The number of carbonyl (C=O) groups excluding carboxylic acids is 2. The molecule has 0 bridgehead atoms. The third-order valence-corrected chi connectivity index (χ3v) is 3.15. The van der Waals surface area contributed by atoms with Crippen molar-refractivity contribution in [3.63, 3.8) is 0 Å². The SMILES string of the molecule is O=C(O)CCNC(=O)/C(=C\c1cccnc1)NC(=O)c1ccccc1. The van der Waals surface area contributed by atoms with E-state index in [2.05, 4.69) is 15.6 Å². The minimum Gasteiger partial charge on any atom is -0.481 e. The average molecular weight is 339 g/mol. The molecule has 0 aliphatic heterocycles. The summed E-state index contributed by atoms with van der Waals surface area (Å²) < 4.78 is 0. The van der Waals surface area contributed by atoms with Crippen LogP contribution in [0.5, 0.6) is 0 Å². The maximum atomic E-state index is 12.3. The second-order valence-corrected chi connectivity index (χ2v) is 5.06. The zero-order valence-electron chi connectivity index (χ0n) is 13.3. The van der Waals surface area contributed by atoms with Crippen LogP contribution in [0.2, 0.25) is 0 Å². The van der Waals surface area contributed by atoms with Crippen molar-refractivity contribution < 1.29 is 19.5 Å². The van der Waals surface area contributed by atoms with Gasteiger partial charge in [-0.1, -0.05) is 24.3 Å². The van der Waals surface area contributed by atoms with Crippen LogP contribution in [0.25, 0.3) is 6.08 Å². The van der Waals surface area contributed by atoms with E-state index >= 15 is 0 Å². The van der Waals surface area contributed by atoms with Gasteiger partial charge in [0.15, 0.2) is 0 Å². The van der Waals surface area contributed by atoms with Crippen molar-refractivity contribution in [1.82, 2.24) is 15.6 Å². The van der Waals surface area contributed by atoms with Crippen molar-refractivity contribution in [2.75, 3.05) is 6.54 Å². The summed E-state index contributed by atoms with van der Waals surface area (Å²) in [4.78, 5) is 39.1. The van der Waals surface area contributed by atoms with Crippen molar-refractivity contribution in [3.05, 3.63) is 71.7 Å². The highest BCUT2D eigenvalue weighted by atomic mass is 16.4. The summed E-state index contributed by atoms with van der Waals surface area (Å²) >= 11 is 0. The molecule has 1 aromatic carbocycles. The van der Waals surface area contributed by atoms with Crippen LogP contribution < -0.4 is 10.6 Å². The first-order chi connectivity index (χ1) is 12.1. The molecule has 7 heteroatoms. The van der Waals surface area contributed by atoms with E-state index in [0.717, 1.165) is 0 Å². The van der Waals surface area contributed by atoms with Crippen LogP contribution >= 0.6 is 0 Å². The molecule has 2 rings (SSSR count). The van der Waals surface area contributed by atoms with Gasteiger partial charge in [0.05, 0.1) is 6.42 Å². The molecule has 0 radical (unpaired) electrons. The molecule has 0 atom stereocenters. The number of nitrogens with zero attached hydrogens (tertiary/aromatic N) is 1. The van der Waals surface area contributed by atoms with E-state index < -0.39 is 17.8 Å². The van der Waals surface area contributed by atoms with E-state index in [1.54, 1.807) is 54.9 Å². The average Bonchev–Trinajstić information content (AvgIpc) is 2.62. The Morgan fingerprint density at radius 1 is 1.08 bits per heavy atom. The van der Waals surface area contributed by atoms with Crippen LogP contribution in [0, 0.1) is 0 Å². The van der Waals surface area contributed by atoms with Gasteiger partial charge in [-0.05, 0) is 29.8 Å². The van der Waals surface area contributed by atoms with Gasteiger partial charge in [-0.2, -0.15) is 0 Å². The number of carbonyl (C=O) groups is 3. The molecule has 128 valence electrons. The van der Waals surface area contributed by atoms with Gasteiger partial charge in [0.25, 0.3) is 11.8 Å². The Labute approximate surface area is 144 Å². The largest absolute Gasteiger partial charge is 0.481 e. The number of hydrogen-bond acceptors (Lipinski definition) is 4. The molecular formula is C18H17N3O4. The second-order valence-electron chi connectivity index (χ2n) is 5.06. The second kappa shape index (κ2) is 8.97. The molecule has 7 nitrogen and oxygen atoms in total. The summed E-state index contributed by atoms with van der Waals surface area (Å²) in [6.45, 7) is -0.0419. The summed E-state index contributed by atoms with van der Waals surface area (Å²) in [5.41, 5.74) is 1.03. The Morgan fingerprint density at radius 2 is 1.84 bits per heavy atom. The van der Waals surface area contributed by atoms with Gasteiger partial charge in [0, 0.05) is 24.5 Å². The number of amides is 2. The quantitative estimate of drug-likeness (QED) is 0.662. The number of rotatable bonds is 7. The highest BCUT2D eigenvalue weighted by Gasteiger charge is 2.14. The fourth-order valence-electron chi connectivity index (χ4n) is 1.95. The van der Waals surface area contributed by atoms with Crippen LogP contribution in [-0.2, 0) is 9.59 Å². The number of aliphatic carboxylic acids is 1. The fraction of sp³-hybridized carbons (Fsp3) is 0.111. The van der Waals surface area contributed by atoms with Gasteiger partial charge in [-0.25, -0.2) is 0 Å². The van der Waals surface area contributed by atoms with E-state index in [1.807, 2.05) is 0 Å². The van der Waals surface area contributed by atoms with Crippen molar-refractivity contribution in [1.29, 1.82) is 0 Å². The molecule has 0 aliphatic carbocycles. The summed E-state index contributed by atoms with van der Waals surface area (Å²) in [7, 11) is 0. The molecule has 0 saturated carbocycles. The highest BCUT2D eigenvalue weighted by molar-refractivity contribution is 6.05. The molecule has 1 heterocycles. The highest BCUT2D eigenvalue weighted by Crippen LogP contribution is 2.06. The number of carboxylic acids is 1. The predicted octanol–water partition coefficient (Wildman–Crippen LogP) is 1.44. The number of benzene rings is 1. The van der Waals surface area contributed by atoms with Crippen molar-refractivity contribution in [2.45, 2.75) is 6.42 Å². The summed E-state index contributed by atoms with van der Waals surface area (Å²) in [5, 5.41) is 13.7. The molecule has 0 spiro atoms. The molecule has 0 unspecified atom stereocenters. The standard InChI is InChI=1S/C18H17N3O4/c22-16(23)8-10-20-18(25)15(11-13-5-4-9-19-12-13)21-17(24)14-6-2-1-3-7-14/h1-7,9,11-12H,8,10H2,(H,20,25)(H,21,24)(H,22,23)/b15-11+. The van der Waals surface area contributed by atoms with Crippen LogP contribution in [-0.4, -0.2) is 34.4 Å². The van der Waals surface area contributed by atoms with E-state index in [9.17, 15) is 14.4 Å². The number of nitrogens with one attached hydrogen (secondary N) is 2. The number of hydrogen-bond donors (Lipinski definition) is 3. The molecule has 1 aromatic heterocycles. The molecular weight excluding hydrogens is 322 g/mol. The topological polar surface area (TPSA) is 108 Å². The smallest absolute Gasteiger partial charge is 0.305 e. The Bertz CT molecular complexity index is 773. The summed E-state index contributed by atoms with van der Waals surface area (Å²) in [6.07, 6.45) is 4.40. The third-order valence-electron chi connectivity index (χ3n) is 3.15. The van der Waals surface area contributed by atoms with Gasteiger partial charge in [-0.15, -0.1) is 0 Å². The first kappa shape index (κ1) is 17.9. The number of aromatic nitrogens is 1. The Hall–Kier alpha value is -3.48. The van der Waals surface area contributed by atoms with Crippen LogP contribution in [0.3, 0.4) is 0 Å². The summed E-state index contributed by atoms with van der Waals surface area (Å²) in [5.74, 6) is -2.04. The zero-order valence-corrected chi connectivity index (χ0v) is 13.3. The lowest BCUT2D eigenvalue weighted by molar-refractivity contribution is -0.136. The van der Waals surface area contributed by atoms with Gasteiger partial charge in [-0.3, -0.25) is 19.4 Å². The predicted molar refractivity (Wildman–Crippen MR) is 91.4 cm³/mol. The number of pyridine rings is 1. The number of carboxylic acid groups (broad SMARTS) is 1. The van der Waals surface area contributed by atoms with E-state index in [0.29, 0.717) is 11.1 Å². The van der Waals surface area contributed by atoms with Gasteiger partial charge in [0.2, 0.25) is 0 Å². The molecule has 0 fully saturated rings. The molecule has 0 aliphatic rings. The first-order valence-corrected chi connectivity index (χ1v) is 7.54. The van der Waals surface area contributed by atoms with Crippen molar-refractivity contribution >= 4 is 23.9 Å². The van der Waals surface area contributed by atoms with Crippen molar-refractivity contribution in [3.8, 4) is 0 Å². The molecule has 0 saturated heterocycles. The maximum Gasteiger partial charge on any atom is 0.305 e. The monoisotopic (exact) mass is 339 g/mol. The van der Waals surface area contributed by atoms with Gasteiger partial charge in [0.1, 0.15) is 5.70 Å². The Morgan fingerprint density at radius 3 is 2.48 bits per heavy atom. The minimum atomic E-state index is -1.02. The van der Waals surface area contributed by atoms with Crippen LogP contribution in [0.4, 0.5) is 0 Å². The van der Waals surface area contributed by atoms with E-state index in [-0.39, 0.29) is 18.7 Å². The van der Waals surface area contributed by atoms with Crippen molar-refractivity contribution in [2.24, 2.45) is 0 Å². The lowest BCUT2D eigenvalue weighted by atomic mass is 10.2. The van der Waals surface area contributed by atoms with Gasteiger partial charge >= 0.3 is 5.97 Å². The molecule has 3 N–H and O–H groups in total. The normalized spacial score (nSPS) is 10.8. The maximum absolute atomic E-state index is 12.3. The van der Waals surface area contributed by atoms with Gasteiger partial charge < -0.3 is 15.7 Å². The first-order valence-electron chi connectivity index (χ1n) is 7.54. The Kier molecular flexibility index (Phi) is 6.41. The summed E-state index contributed by atoms with van der Waals surface area (Å²) in [6, 6.07) is 11.9. The fourth-order valence-corrected chi connectivity index (χ4v) is 1.95. The third kappa shape index (κ3) is 5.91. The zero-order chi connectivity index (χ0) is 18.1.